The minimum atomic E-state index is -4.37. The maximum absolute atomic E-state index is 14.0. The van der Waals surface area contributed by atoms with Gasteiger partial charge < -0.3 is 34.7 Å². The molecule has 16 nitrogen and oxygen atoms in total. The van der Waals surface area contributed by atoms with Gasteiger partial charge in [0.2, 0.25) is 5.60 Å². The normalized spacial score (nSPS) is 23.5. The number of nitrogens with zero attached hydrogens (tertiary/aromatic N) is 4. The summed E-state index contributed by atoms with van der Waals surface area (Å²) in [7, 11) is -4.37. The Balaban J connectivity index is 1.83. The van der Waals surface area contributed by atoms with Crippen LogP contribution in [0.25, 0.3) is 5.52 Å². The summed E-state index contributed by atoms with van der Waals surface area (Å²) in [5.74, 6) is -1.28. The van der Waals surface area contributed by atoms with Crippen LogP contribution in [0.15, 0.2) is 18.5 Å². The van der Waals surface area contributed by atoms with Gasteiger partial charge in [0.25, 0.3) is 0 Å². The zero-order valence-electron chi connectivity index (χ0n) is 24.6. The number of ether oxygens (including phenoxy) is 3. The standard InChI is InChI=1S/C26H40N7O9P/c1-5-7-11-39-24(36)16(3)31-43(38,32-17(4)25(37)40-12-8-6-2)41-14-26(13-27)22(35)20(34)21(42-26)18-9-10-19-23(28)29-15-30-33(18)19/h9-10,15-17,20-22,34-35H,5-8,11-12,14H2,1-4H3,(H2,28,29,30)(H2,31,32,38)/t16-,17-,20-,21-,22-,26+/m0/s1. The molecule has 6 N–H and O–H groups in total. The smallest absolute Gasteiger partial charge is 0.342 e. The van der Waals surface area contributed by atoms with Crippen LogP contribution >= 0.6 is 7.67 Å². The summed E-state index contributed by atoms with van der Waals surface area (Å²) in [6.07, 6.45) is -0.682. The van der Waals surface area contributed by atoms with Gasteiger partial charge in [-0.1, -0.05) is 26.7 Å². The molecule has 17 heteroatoms. The van der Waals surface area contributed by atoms with Crippen LogP contribution in [0.1, 0.15) is 65.2 Å². The quantitative estimate of drug-likeness (QED) is 0.0999. The first-order valence-corrected chi connectivity index (χ1v) is 15.7. The highest BCUT2D eigenvalue weighted by Gasteiger charge is 2.57. The third-order valence-electron chi connectivity index (χ3n) is 6.82. The molecule has 0 spiro atoms. The fourth-order valence-corrected chi connectivity index (χ4v) is 6.10. The molecule has 1 saturated heterocycles. The van der Waals surface area contributed by atoms with E-state index in [1.165, 1.54) is 24.7 Å². The number of hydrogen-bond acceptors (Lipinski definition) is 13. The number of hydrogen-bond donors (Lipinski definition) is 5. The Morgan fingerprint density at radius 2 is 1.74 bits per heavy atom. The molecule has 6 atom stereocenters. The number of fused-ring (bicyclic) bond motifs is 1. The number of anilines is 1. The number of aliphatic hydroxyl groups excluding tert-OH is 2. The van der Waals surface area contributed by atoms with E-state index in [2.05, 4.69) is 20.3 Å². The molecule has 0 saturated carbocycles. The van der Waals surface area contributed by atoms with E-state index in [4.69, 9.17) is 24.5 Å². The van der Waals surface area contributed by atoms with Gasteiger partial charge in [-0.25, -0.2) is 19.7 Å². The van der Waals surface area contributed by atoms with Gasteiger partial charge in [0.15, 0.2) is 5.82 Å². The van der Waals surface area contributed by atoms with Crippen LogP contribution in [0.4, 0.5) is 5.82 Å². The summed E-state index contributed by atoms with van der Waals surface area (Å²) in [4.78, 5) is 28.9. The number of nitrogens with one attached hydrogen (secondary N) is 2. The molecule has 238 valence electrons. The summed E-state index contributed by atoms with van der Waals surface area (Å²) >= 11 is 0. The van der Waals surface area contributed by atoms with Crippen molar-refractivity contribution in [2.75, 3.05) is 25.6 Å². The van der Waals surface area contributed by atoms with Gasteiger partial charge >= 0.3 is 19.6 Å². The lowest BCUT2D eigenvalue weighted by Crippen LogP contribution is -2.48. The zero-order valence-corrected chi connectivity index (χ0v) is 25.5. The minimum absolute atomic E-state index is 0.155. The van der Waals surface area contributed by atoms with Gasteiger partial charge in [0.05, 0.1) is 18.9 Å². The second-order valence-corrected chi connectivity index (χ2v) is 12.1. The highest BCUT2D eigenvalue weighted by molar-refractivity contribution is 7.54. The Morgan fingerprint density at radius 1 is 1.16 bits per heavy atom. The Hall–Kier alpha value is -3.16. The highest BCUT2D eigenvalue weighted by atomic mass is 31.2. The van der Waals surface area contributed by atoms with E-state index < -0.39 is 62.2 Å². The van der Waals surface area contributed by atoms with Gasteiger partial charge in [-0.3, -0.25) is 14.2 Å². The molecule has 0 unspecified atom stereocenters. The fraction of sp³-hybridized carbons (Fsp3) is 0.654. The summed E-state index contributed by atoms with van der Waals surface area (Å²) in [6.45, 7) is 6.10. The van der Waals surface area contributed by atoms with Crippen molar-refractivity contribution in [2.24, 2.45) is 0 Å². The lowest BCUT2D eigenvalue weighted by atomic mass is 9.96. The molecule has 0 aliphatic carbocycles. The minimum Gasteiger partial charge on any atom is -0.465 e. The fourth-order valence-electron chi connectivity index (χ4n) is 4.27. The molecular weight excluding hydrogens is 585 g/mol. The van der Waals surface area contributed by atoms with Crippen molar-refractivity contribution in [3.05, 3.63) is 24.2 Å². The van der Waals surface area contributed by atoms with Crippen LogP contribution in [-0.4, -0.2) is 86.5 Å². The monoisotopic (exact) mass is 625 g/mol. The van der Waals surface area contributed by atoms with Crippen LogP contribution in [0, 0.1) is 11.3 Å². The predicted octanol–water partition coefficient (Wildman–Crippen LogP) is 1.13. The number of carbonyl (C=O) groups is 2. The summed E-state index contributed by atoms with van der Waals surface area (Å²) in [5, 5.41) is 41.1. The van der Waals surface area contributed by atoms with E-state index in [-0.39, 0.29) is 24.7 Å². The molecule has 2 aromatic rings. The molecule has 0 aromatic carbocycles. The second kappa shape index (κ2) is 15.0. The molecule has 43 heavy (non-hydrogen) atoms. The molecule has 1 aliphatic rings. The molecule has 3 rings (SSSR count). The van der Waals surface area contributed by atoms with E-state index >= 15 is 0 Å². The molecular formula is C26H40N7O9P. The number of carbonyl (C=O) groups excluding carboxylic acids is 2. The first kappa shape index (κ1) is 34.3. The average molecular weight is 626 g/mol. The Kier molecular flexibility index (Phi) is 12.0. The van der Waals surface area contributed by atoms with Gasteiger partial charge in [0, 0.05) is 0 Å². The third-order valence-corrected chi connectivity index (χ3v) is 8.77. The number of aliphatic hydroxyl groups is 2. The average Bonchev–Trinajstić information content (AvgIpc) is 3.52. The Morgan fingerprint density at radius 3 is 2.28 bits per heavy atom. The van der Waals surface area contributed by atoms with Gasteiger partial charge in [-0.05, 0) is 38.8 Å². The number of nitriles is 1. The van der Waals surface area contributed by atoms with E-state index in [0.29, 0.717) is 18.4 Å². The summed E-state index contributed by atoms with van der Waals surface area (Å²) < 4.78 is 37.3. The maximum atomic E-state index is 14.0. The SMILES string of the molecule is CCCCOC(=O)[C@H](C)NP(=O)(N[C@@H](C)C(=O)OCCCC)OC[C@@]1(C#N)O[C@@H](c2ccc3c(N)ncnn23)[C@H](O)[C@@H]1O. The number of rotatable bonds is 16. The molecule has 0 amide bonds. The number of nitrogen functional groups attached to an aromatic ring is 1. The second-order valence-electron chi connectivity index (χ2n) is 10.2. The van der Waals surface area contributed by atoms with Crippen molar-refractivity contribution in [3.8, 4) is 6.07 Å². The number of aromatic nitrogens is 3. The summed E-state index contributed by atoms with van der Waals surface area (Å²) in [5.41, 5.74) is 4.34. The van der Waals surface area contributed by atoms with Crippen LogP contribution in [-0.2, 0) is 32.9 Å². The van der Waals surface area contributed by atoms with E-state index in [1.54, 1.807) is 12.1 Å². The third kappa shape index (κ3) is 8.07. The lowest BCUT2D eigenvalue weighted by molar-refractivity contribution is -0.145. The Bertz CT molecular complexity index is 1320. The number of esters is 2. The molecule has 0 bridgehead atoms. The first-order chi connectivity index (χ1) is 20.4. The van der Waals surface area contributed by atoms with Crippen molar-refractivity contribution in [2.45, 2.75) is 89.4 Å². The number of nitrogens with two attached hydrogens (primary N) is 1. The Labute approximate surface area is 249 Å². The van der Waals surface area contributed by atoms with E-state index in [0.717, 1.165) is 12.8 Å². The van der Waals surface area contributed by atoms with Crippen molar-refractivity contribution in [1.82, 2.24) is 24.8 Å². The van der Waals surface area contributed by atoms with E-state index in [9.17, 15) is 29.6 Å². The lowest BCUT2D eigenvalue weighted by Gasteiger charge is -2.30. The summed E-state index contributed by atoms with van der Waals surface area (Å²) in [6, 6.07) is 2.61. The van der Waals surface area contributed by atoms with Crippen molar-refractivity contribution < 1.29 is 43.1 Å². The predicted molar refractivity (Wildman–Crippen MR) is 152 cm³/mol. The van der Waals surface area contributed by atoms with Crippen molar-refractivity contribution in [3.63, 3.8) is 0 Å². The van der Waals surface area contributed by atoms with Crippen LogP contribution in [0.3, 0.4) is 0 Å². The van der Waals surface area contributed by atoms with Crippen molar-refractivity contribution in [1.29, 1.82) is 5.26 Å². The van der Waals surface area contributed by atoms with Crippen LogP contribution in [0.5, 0.6) is 0 Å². The van der Waals surface area contributed by atoms with Gasteiger partial charge in [0.1, 0.15) is 54.9 Å². The van der Waals surface area contributed by atoms with Crippen molar-refractivity contribution >= 4 is 30.9 Å². The van der Waals surface area contributed by atoms with Gasteiger partial charge in [-0.2, -0.15) is 10.4 Å². The molecule has 3 heterocycles. The number of unbranched alkanes of at least 4 members (excludes halogenated alkanes) is 2. The molecule has 1 aliphatic heterocycles. The van der Waals surface area contributed by atoms with Crippen LogP contribution in [0.2, 0.25) is 0 Å². The maximum Gasteiger partial charge on any atom is 0.342 e. The molecule has 1 fully saturated rings. The highest BCUT2D eigenvalue weighted by Crippen LogP contribution is 2.45. The largest absolute Gasteiger partial charge is 0.465 e. The first-order valence-electron chi connectivity index (χ1n) is 14.1. The van der Waals surface area contributed by atoms with Gasteiger partial charge in [-0.15, -0.1) is 0 Å². The van der Waals surface area contributed by atoms with Crippen LogP contribution < -0.4 is 15.9 Å². The molecule has 0 radical (unpaired) electrons. The topological polar surface area (TPSA) is 233 Å². The zero-order chi connectivity index (χ0) is 31.8. The van der Waals surface area contributed by atoms with E-state index in [1.807, 2.05) is 19.9 Å². The molecule has 2 aromatic heterocycles.